The molecule has 1 saturated heterocycles. The van der Waals surface area contributed by atoms with Gasteiger partial charge in [0.2, 0.25) is 0 Å². The summed E-state index contributed by atoms with van der Waals surface area (Å²) in [6, 6.07) is 6.34. The minimum absolute atomic E-state index is 0.653. The number of anilines is 1. The number of nitrogens with two attached hydrogens (primary N) is 1. The zero-order valence-electron chi connectivity index (χ0n) is 9.75. The average molecular weight is 239 g/mol. The molecule has 0 aliphatic carbocycles. The lowest BCUT2D eigenvalue weighted by Gasteiger charge is -2.19. The first-order chi connectivity index (χ1) is 7.70. The summed E-state index contributed by atoms with van der Waals surface area (Å²) in [7, 11) is 0. The van der Waals surface area contributed by atoms with Crippen LogP contribution in [0.3, 0.4) is 0 Å². The molecular formula is C13H19ClN2. The third-order valence-corrected chi connectivity index (χ3v) is 3.59. The van der Waals surface area contributed by atoms with Gasteiger partial charge >= 0.3 is 0 Å². The van der Waals surface area contributed by atoms with E-state index in [2.05, 4.69) is 30.0 Å². The van der Waals surface area contributed by atoms with Crippen molar-refractivity contribution in [3.8, 4) is 0 Å². The number of hydrogen-bond acceptors (Lipinski definition) is 2. The Morgan fingerprint density at radius 3 is 2.88 bits per heavy atom. The largest absolute Gasteiger partial charge is 0.371 e. The predicted octanol–water partition coefficient (Wildman–Crippen LogP) is 2.69. The highest BCUT2D eigenvalue weighted by atomic mass is 35.5. The zero-order valence-corrected chi connectivity index (χ0v) is 10.5. The highest BCUT2D eigenvalue weighted by molar-refractivity contribution is 6.31. The highest BCUT2D eigenvalue weighted by Crippen LogP contribution is 2.28. The van der Waals surface area contributed by atoms with Gasteiger partial charge in [-0.2, -0.15) is 0 Å². The molecule has 0 bridgehead atoms. The van der Waals surface area contributed by atoms with Gasteiger partial charge in [0.05, 0.1) is 0 Å². The van der Waals surface area contributed by atoms with Crippen molar-refractivity contribution in [1.82, 2.24) is 0 Å². The average Bonchev–Trinajstić information content (AvgIpc) is 2.68. The molecule has 1 aromatic carbocycles. The van der Waals surface area contributed by atoms with E-state index in [1.807, 2.05) is 0 Å². The summed E-state index contributed by atoms with van der Waals surface area (Å²) in [6.45, 7) is 5.24. The van der Waals surface area contributed by atoms with E-state index in [1.165, 1.54) is 12.1 Å². The molecule has 1 aromatic rings. The summed E-state index contributed by atoms with van der Waals surface area (Å²) < 4.78 is 0. The van der Waals surface area contributed by atoms with Gasteiger partial charge in [-0.1, -0.05) is 24.6 Å². The van der Waals surface area contributed by atoms with Crippen LogP contribution >= 0.6 is 11.6 Å². The Kier molecular flexibility index (Phi) is 3.72. The van der Waals surface area contributed by atoms with Crippen LogP contribution in [0.1, 0.15) is 18.9 Å². The molecule has 1 aliphatic heterocycles. The maximum atomic E-state index is 6.24. The van der Waals surface area contributed by atoms with Crippen LogP contribution in [-0.2, 0) is 6.42 Å². The van der Waals surface area contributed by atoms with Gasteiger partial charge < -0.3 is 10.6 Å². The van der Waals surface area contributed by atoms with Crippen LogP contribution in [0.5, 0.6) is 0 Å². The molecule has 0 amide bonds. The summed E-state index contributed by atoms with van der Waals surface area (Å²) in [4.78, 5) is 2.41. The van der Waals surface area contributed by atoms with Crippen molar-refractivity contribution >= 4 is 17.3 Å². The maximum Gasteiger partial charge on any atom is 0.0459 e. The molecule has 1 unspecified atom stereocenters. The van der Waals surface area contributed by atoms with Gasteiger partial charge in [-0.05, 0) is 43.0 Å². The molecule has 0 radical (unpaired) electrons. The van der Waals surface area contributed by atoms with Gasteiger partial charge in [-0.15, -0.1) is 0 Å². The van der Waals surface area contributed by atoms with E-state index in [1.54, 1.807) is 0 Å². The molecule has 2 rings (SSSR count). The fourth-order valence-corrected chi connectivity index (χ4v) is 2.53. The molecule has 0 spiro atoms. The number of nitrogens with zero attached hydrogens (tertiary/aromatic N) is 1. The first-order valence-corrected chi connectivity index (χ1v) is 6.32. The predicted molar refractivity (Wildman–Crippen MR) is 70.2 cm³/mol. The van der Waals surface area contributed by atoms with Crippen LogP contribution in [0.4, 0.5) is 5.69 Å². The summed E-state index contributed by atoms with van der Waals surface area (Å²) in [5, 5.41) is 0.850. The van der Waals surface area contributed by atoms with Crippen molar-refractivity contribution in [3.05, 3.63) is 28.8 Å². The van der Waals surface area contributed by atoms with E-state index < -0.39 is 0 Å². The van der Waals surface area contributed by atoms with Crippen molar-refractivity contribution in [2.75, 3.05) is 24.5 Å². The molecule has 1 aliphatic rings. The van der Waals surface area contributed by atoms with Crippen LogP contribution in [0.15, 0.2) is 18.2 Å². The maximum absolute atomic E-state index is 6.24. The van der Waals surface area contributed by atoms with Gasteiger partial charge in [0, 0.05) is 23.8 Å². The second-order valence-corrected chi connectivity index (χ2v) is 5.06. The quantitative estimate of drug-likeness (QED) is 0.878. The van der Waals surface area contributed by atoms with Crippen molar-refractivity contribution < 1.29 is 0 Å². The van der Waals surface area contributed by atoms with Crippen LogP contribution in [0.2, 0.25) is 5.02 Å². The van der Waals surface area contributed by atoms with Crippen molar-refractivity contribution in [1.29, 1.82) is 0 Å². The lowest BCUT2D eigenvalue weighted by molar-refractivity contribution is 0.659. The van der Waals surface area contributed by atoms with Crippen LogP contribution < -0.4 is 10.6 Å². The van der Waals surface area contributed by atoms with E-state index >= 15 is 0 Å². The Hall–Kier alpha value is -0.730. The van der Waals surface area contributed by atoms with Gasteiger partial charge in [0.1, 0.15) is 0 Å². The Morgan fingerprint density at radius 1 is 1.50 bits per heavy atom. The summed E-state index contributed by atoms with van der Waals surface area (Å²) >= 11 is 6.24. The van der Waals surface area contributed by atoms with E-state index in [0.29, 0.717) is 6.54 Å². The Labute approximate surface area is 102 Å². The summed E-state index contributed by atoms with van der Waals surface area (Å²) in [5.41, 5.74) is 7.94. The first-order valence-electron chi connectivity index (χ1n) is 5.94. The smallest absolute Gasteiger partial charge is 0.0459 e. The lowest BCUT2D eigenvalue weighted by atomic mass is 10.1. The molecule has 88 valence electrons. The number of halogens is 1. The zero-order chi connectivity index (χ0) is 11.5. The molecule has 2 nitrogen and oxygen atoms in total. The van der Waals surface area contributed by atoms with Crippen LogP contribution in [0, 0.1) is 5.92 Å². The molecule has 0 aromatic heterocycles. The van der Waals surface area contributed by atoms with Crippen molar-refractivity contribution in [2.45, 2.75) is 19.8 Å². The number of benzene rings is 1. The molecule has 0 saturated carbocycles. The third kappa shape index (κ3) is 2.50. The van der Waals surface area contributed by atoms with E-state index in [0.717, 1.165) is 36.0 Å². The van der Waals surface area contributed by atoms with Crippen LogP contribution in [-0.4, -0.2) is 19.6 Å². The van der Waals surface area contributed by atoms with Crippen molar-refractivity contribution in [3.63, 3.8) is 0 Å². The normalized spacial score (nSPS) is 20.4. The minimum Gasteiger partial charge on any atom is -0.371 e. The summed E-state index contributed by atoms with van der Waals surface area (Å²) in [6.07, 6.45) is 2.14. The molecular weight excluding hydrogens is 220 g/mol. The Bertz CT molecular complexity index is 365. The fourth-order valence-electron chi connectivity index (χ4n) is 2.26. The Balaban J connectivity index is 2.14. The lowest BCUT2D eigenvalue weighted by Crippen LogP contribution is -2.19. The monoisotopic (exact) mass is 238 g/mol. The van der Waals surface area contributed by atoms with Crippen molar-refractivity contribution in [2.24, 2.45) is 11.7 Å². The molecule has 1 fully saturated rings. The molecule has 2 N–H and O–H groups in total. The summed E-state index contributed by atoms with van der Waals surface area (Å²) in [5.74, 6) is 0.794. The van der Waals surface area contributed by atoms with E-state index in [4.69, 9.17) is 17.3 Å². The molecule has 3 heteroatoms. The topological polar surface area (TPSA) is 29.3 Å². The SMILES string of the molecule is CC1CCN(c2ccc(CCN)c(Cl)c2)C1. The van der Waals surface area contributed by atoms with E-state index in [9.17, 15) is 0 Å². The van der Waals surface area contributed by atoms with Gasteiger partial charge in [-0.3, -0.25) is 0 Å². The number of hydrogen-bond donors (Lipinski definition) is 1. The standard InChI is InChI=1S/C13H19ClN2/c1-10-5-7-16(9-10)12-3-2-11(4-6-15)13(14)8-12/h2-3,8,10H,4-7,9,15H2,1H3. The third-order valence-electron chi connectivity index (χ3n) is 3.24. The highest BCUT2D eigenvalue weighted by Gasteiger charge is 2.19. The second-order valence-electron chi connectivity index (χ2n) is 4.65. The van der Waals surface area contributed by atoms with Gasteiger partial charge in [0.25, 0.3) is 0 Å². The minimum atomic E-state index is 0.653. The van der Waals surface area contributed by atoms with Gasteiger partial charge in [0.15, 0.2) is 0 Å². The molecule has 16 heavy (non-hydrogen) atoms. The Morgan fingerprint density at radius 2 is 2.31 bits per heavy atom. The fraction of sp³-hybridized carbons (Fsp3) is 0.538. The molecule has 1 heterocycles. The van der Waals surface area contributed by atoms with Gasteiger partial charge in [-0.25, -0.2) is 0 Å². The second kappa shape index (κ2) is 5.07. The van der Waals surface area contributed by atoms with Crippen LogP contribution in [0.25, 0.3) is 0 Å². The molecule has 1 atom stereocenters. The number of rotatable bonds is 3. The first kappa shape index (κ1) is 11.7. The van der Waals surface area contributed by atoms with E-state index in [-0.39, 0.29) is 0 Å².